The molecule has 0 amide bonds. The molecule has 0 spiro atoms. The molecule has 0 bridgehead atoms. The predicted molar refractivity (Wildman–Crippen MR) is 81.2 cm³/mol. The van der Waals surface area contributed by atoms with Crippen LogP contribution in [0.3, 0.4) is 0 Å². The zero-order valence-corrected chi connectivity index (χ0v) is 13.6. The first kappa shape index (κ1) is 15.1. The van der Waals surface area contributed by atoms with Gasteiger partial charge in [-0.1, -0.05) is 12.1 Å². The Hall–Kier alpha value is -1.76. The number of aromatic nitrogens is 5. The maximum absolute atomic E-state index is 5.30. The molecule has 7 nitrogen and oxygen atoms in total. The molecule has 0 aliphatic carbocycles. The molecule has 0 saturated carbocycles. The Kier molecular flexibility index (Phi) is 4.52. The largest absolute Gasteiger partial charge is 0.338 e. The topological polar surface area (TPSA) is 72.9 Å². The van der Waals surface area contributed by atoms with Crippen molar-refractivity contribution in [3.05, 3.63) is 23.4 Å². The zero-order valence-electron chi connectivity index (χ0n) is 13.6. The van der Waals surface area contributed by atoms with E-state index in [4.69, 9.17) is 4.52 Å². The summed E-state index contributed by atoms with van der Waals surface area (Å²) < 4.78 is 7.34. The van der Waals surface area contributed by atoms with E-state index in [0.29, 0.717) is 5.92 Å². The van der Waals surface area contributed by atoms with Crippen molar-refractivity contribution in [2.24, 2.45) is 5.92 Å². The SMILES string of the molecule is CCc1noc(CN2CCC[C@H](Cn3nc(C)nc3C)C2)n1. The van der Waals surface area contributed by atoms with Crippen molar-refractivity contribution >= 4 is 0 Å². The molecular weight excluding hydrogens is 280 g/mol. The Labute approximate surface area is 130 Å². The van der Waals surface area contributed by atoms with E-state index in [1.54, 1.807) is 0 Å². The maximum atomic E-state index is 5.30. The van der Waals surface area contributed by atoms with Gasteiger partial charge in [0.2, 0.25) is 5.89 Å². The van der Waals surface area contributed by atoms with Crippen molar-refractivity contribution in [1.29, 1.82) is 0 Å². The van der Waals surface area contributed by atoms with Gasteiger partial charge in [0.1, 0.15) is 11.6 Å². The van der Waals surface area contributed by atoms with Gasteiger partial charge in [0.25, 0.3) is 0 Å². The Morgan fingerprint density at radius 3 is 2.82 bits per heavy atom. The van der Waals surface area contributed by atoms with Crippen LogP contribution >= 0.6 is 0 Å². The normalized spacial score (nSPS) is 19.7. The molecule has 1 saturated heterocycles. The standard InChI is InChI=1S/C15H24N6O/c1-4-14-17-15(22-19-14)10-20-7-5-6-13(8-20)9-21-12(3)16-11(2)18-21/h13H,4-10H2,1-3H3/t13-/m0/s1. The van der Waals surface area contributed by atoms with Crippen LogP contribution < -0.4 is 0 Å². The minimum absolute atomic E-state index is 0.599. The quantitative estimate of drug-likeness (QED) is 0.838. The second kappa shape index (κ2) is 6.56. The molecule has 2 aromatic rings. The molecule has 0 aromatic carbocycles. The fourth-order valence-corrected chi connectivity index (χ4v) is 3.11. The third kappa shape index (κ3) is 3.52. The number of nitrogens with zero attached hydrogens (tertiary/aromatic N) is 6. The first-order chi connectivity index (χ1) is 10.6. The minimum atomic E-state index is 0.599. The van der Waals surface area contributed by atoms with E-state index in [1.165, 1.54) is 12.8 Å². The summed E-state index contributed by atoms with van der Waals surface area (Å²) >= 11 is 0. The molecule has 22 heavy (non-hydrogen) atoms. The van der Waals surface area contributed by atoms with Gasteiger partial charge in [-0.05, 0) is 39.2 Å². The maximum Gasteiger partial charge on any atom is 0.240 e. The summed E-state index contributed by atoms with van der Waals surface area (Å²) in [6, 6.07) is 0. The van der Waals surface area contributed by atoms with Crippen LogP contribution in [-0.4, -0.2) is 42.9 Å². The lowest BCUT2D eigenvalue weighted by atomic mass is 9.98. The molecule has 7 heteroatoms. The number of aryl methyl sites for hydroxylation is 3. The Morgan fingerprint density at radius 1 is 1.27 bits per heavy atom. The Balaban J connectivity index is 1.58. The van der Waals surface area contributed by atoms with Crippen LogP contribution in [0.4, 0.5) is 0 Å². The van der Waals surface area contributed by atoms with Gasteiger partial charge in [-0.2, -0.15) is 10.1 Å². The molecule has 3 rings (SSSR count). The molecule has 0 N–H and O–H groups in total. The average Bonchev–Trinajstić information content (AvgIpc) is 3.06. The Bertz CT molecular complexity index is 619. The summed E-state index contributed by atoms with van der Waals surface area (Å²) in [4.78, 5) is 11.2. The van der Waals surface area contributed by atoms with Crippen molar-refractivity contribution in [3.8, 4) is 0 Å². The van der Waals surface area contributed by atoms with Crippen molar-refractivity contribution in [1.82, 2.24) is 29.8 Å². The first-order valence-corrected chi connectivity index (χ1v) is 8.06. The highest BCUT2D eigenvalue weighted by atomic mass is 16.5. The third-order valence-electron chi connectivity index (χ3n) is 4.18. The lowest BCUT2D eigenvalue weighted by molar-refractivity contribution is 0.138. The molecule has 0 unspecified atom stereocenters. The van der Waals surface area contributed by atoms with Gasteiger partial charge in [0.15, 0.2) is 5.82 Å². The molecular formula is C15H24N6O. The van der Waals surface area contributed by atoms with Crippen LogP contribution in [-0.2, 0) is 19.5 Å². The molecule has 1 aliphatic heterocycles. The van der Waals surface area contributed by atoms with E-state index >= 15 is 0 Å². The van der Waals surface area contributed by atoms with Gasteiger partial charge in [0, 0.05) is 19.5 Å². The third-order valence-corrected chi connectivity index (χ3v) is 4.18. The Morgan fingerprint density at radius 2 is 2.14 bits per heavy atom. The predicted octanol–water partition coefficient (Wildman–Crippen LogP) is 1.75. The molecule has 1 aliphatic rings. The molecule has 1 fully saturated rings. The van der Waals surface area contributed by atoms with E-state index in [0.717, 1.165) is 56.0 Å². The van der Waals surface area contributed by atoms with Gasteiger partial charge >= 0.3 is 0 Å². The van der Waals surface area contributed by atoms with E-state index < -0.39 is 0 Å². The number of rotatable bonds is 5. The number of hydrogen-bond acceptors (Lipinski definition) is 6. The van der Waals surface area contributed by atoms with Crippen LogP contribution in [0.5, 0.6) is 0 Å². The highest BCUT2D eigenvalue weighted by Crippen LogP contribution is 2.20. The van der Waals surface area contributed by atoms with E-state index in [-0.39, 0.29) is 0 Å². The van der Waals surface area contributed by atoms with E-state index in [1.807, 2.05) is 25.5 Å². The highest BCUT2D eigenvalue weighted by molar-refractivity contribution is 4.90. The van der Waals surface area contributed by atoms with Crippen LogP contribution in [0.2, 0.25) is 0 Å². The van der Waals surface area contributed by atoms with Crippen molar-refractivity contribution in [3.63, 3.8) is 0 Å². The van der Waals surface area contributed by atoms with Crippen LogP contribution in [0, 0.1) is 19.8 Å². The highest BCUT2D eigenvalue weighted by Gasteiger charge is 2.23. The van der Waals surface area contributed by atoms with Crippen LogP contribution in [0.1, 0.15) is 43.1 Å². The van der Waals surface area contributed by atoms with Gasteiger partial charge < -0.3 is 4.52 Å². The number of piperidine rings is 1. The van der Waals surface area contributed by atoms with Gasteiger partial charge in [-0.25, -0.2) is 9.67 Å². The first-order valence-electron chi connectivity index (χ1n) is 8.06. The zero-order chi connectivity index (χ0) is 15.5. The van der Waals surface area contributed by atoms with Crippen molar-refractivity contribution < 1.29 is 4.52 Å². The lowest BCUT2D eigenvalue weighted by Gasteiger charge is -2.31. The average molecular weight is 304 g/mol. The summed E-state index contributed by atoms with van der Waals surface area (Å²) in [5, 5.41) is 8.44. The fraction of sp³-hybridized carbons (Fsp3) is 0.733. The molecule has 0 radical (unpaired) electrons. The second-order valence-electron chi connectivity index (χ2n) is 6.09. The van der Waals surface area contributed by atoms with E-state index in [2.05, 4.69) is 25.1 Å². The number of hydrogen-bond donors (Lipinski definition) is 0. The summed E-state index contributed by atoms with van der Waals surface area (Å²) in [6.07, 6.45) is 3.25. The summed E-state index contributed by atoms with van der Waals surface area (Å²) in [6.45, 7) is 9.82. The monoisotopic (exact) mass is 304 g/mol. The van der Waals surface area contributed by atoms with Gasteiger partial charge in [0.05, 0.1) is 6.54 Å². The smallest absolute Gasteiger partial charge is 0.240 e. The summed E-state index contributed by atoms with van der Waals surface area (Å²) in [5.74, 6) is 3.96. The summed E-state index contributed by atoms with van der Waals surface area (Å²) in [5.41, 5.74) is 0. The lowest BCUT2D eigenvalue weighted by Crippen LogP contribution is -2.37. The van der Waals surface area contributed by atoms with Crippen molar-refractivity contribution in [2.45, 2.75) is 53.1 Å². The minimum Gasteiger partial charge on any atom is -0.338 e. The van der Waals surface area contributed by atoms with Crippen molar-refractivity contribution in [2.75, 3.05) is 13.1 Å². The van der Waals surface area contributed by atoms with Gasteiger partial charge in [-0.3, -0.25) is 4.90 Å². The fourth-order valence-electron chi connectivity index (χ4n) is 3.11. The van der Waals surface area contributed by atoms with Crippen LogP contribution in [0.15, 0.2) is 4.52 Å². The second-order valence-corrected chi connectivity index (χ2v) is 6.09. The summed E-state index contributed by atoms with van der Waals surface area (Å²) in [7, 11) is 0. The molecule has 120 valence electrons. The molecule has 2 aromatic heterocycles. The molecule has 3 heterocycles. The van der Waals surface area contributed by atoms with Crippen LogP contribution in [0.25, 0.3) is 0 Å². The van der Waals surface area contributed by atoms with Gasteiger partial charge in [-0.15, -0.1) is 0 Å². The molecule has 1 atom stereocenters. The number of likely N-dealkylation sites (tertiary alicyclic amines) is 1. The van der Waals surface area contributed by atoms with E-state index in [9.17, 15) is 0 Å².